The lowest BCUT2D eigenvalue weighted by Gasteiger charge is -2.07. The van der Waals surface area contributed by atoms with Crippen molar-refractivity contribution in [1.82, 2.24) is 5.32 Å². The van der Waals surface area contributed by atoms with Crippen molar-refractivity contribution in [2.45, 2.75) is 65.7 Å². The summed E-state index contributed by atoms with van der Waals surface area (Å²) in [6.45, 7) is 6.48. The molecule has 1 atom stereocenters. The van der Waals surface area contributed by atoms with E-state index in [0.29, 0.717) is 6.42 Å². The van der Waals surface area contributed by atoms with Gasteiger partial charge >= 0.3 is 0 Å². The molecule has 0 aliphatic carbocycles. The second kappa shape index (κ2) is 10.3. The largest absolute Gasteiger partial charge is 0.356 e. The fourth-order valence-electron chi connectivity index (χ4n) is 1.63. The number of hydrogen-bond donors (Lipinski definition) is 1. The van der Waals surface area contributed by atoms with E-state index in [0.717, 1.165) is 45.1 Å². The van der Waals surface area contributed by atoms with Crippen molar-refractivity contribution < 1.29 is 9.59 Å². The monoisotopic (exact) mass is 241 g/mol. The van der Waals surface area contributed by atoms with Crippen molar-refractivity contribution in [3.05, 3.63) is 0 Å². The van der Waals surface area contributed by atoms with Crippen LogP contribution in [0, 0.1) is 5.92 Å². The maximum Gasteiger partial charge on any atom is 0.219 e. The SMILES string of the molecule is CCCCCC(=O)NCCCCC(C)C(C)=O. The first-order valence-electron chi connectivity index (χ1n) is 6.85. The summed E-state index contributed by atoms with van der Waals surface area (Å²) in [7, 11) is 0. The Morgan fingerprint density at radius 3 is 2.41 bits per heavy atom. The van der Waals surface area contributed by atoms with Gasteiger partial charge in [0.15, 0.2) is 0 Å². The zero-order chi connectivity index (χ0) is 13.1. The van der Waals surface area contributed by atoms with Crippen LogP contribution >= 0.6 is 0 Å². The van der Waals surface area contributed by atoms with Gasteiger partial charge in [-0.1, -0.05) is 33.1 Å². The Labute approximate surface area is 105 Å². The van der Waals surface area contributed by atoms with Gasteiger partial charge < -0.3 is 5.32 Å². The number of nitrogens with one attached hydrogen (secondary N) is 1. The number of carbonyl (C=O) groups excluding carboxylic acids is 2. The quantitative estimate of drug-likeness (QED) is 0.597. The topological polar surface area (TPSA) is 46.2 Å². The van der Waals surface area contributed by atoms with Crippen molar-refractivity contribution >= 4 is 11.7 Å². The molecule has 0 aromatic heterocycles. The molecule has 0 fully saturated rings. The van der Waals surface area contributed by atoms with E-state index in [9.17, 15) is 9.59 Å². The summed E-state index contributed by atoms with van der Waals surface area (Å²) in [4.78, 5) is 22.4. The van der Waals surface area contributed by atoms with Crippen molar-refractivity contribution in [3.63, 3.8) is 0 Å². The van der Waals surface area contributed by atoms with Crippen molar-refractivity contribution in [2.24, 2.45) is 5.92 Å². The van der Waals surface area contributed by atoms with Gasteiger partial charge in [-0.25, -0.2) is 0 Å². The molecule has 0 aliphatic heterocycles. The van der Waals surface area contributed by atoms with Crippen LogP contribution in [0.1, 0.15) is 65.7 Å². The molecule has 17 heavy (non-hydrogen) atoms. The summed E-state index contributed by atoms with van der Waals surface area (Å²) >= 11 is 0. The minimum atomic E-state index is 0.162. The normalized spacial score (nSPS) is 12.2. The lowest BCUT2D eigenvalue weighted by atomic mass is 10.0. The van der Waals surface area contributed by atoms with E-state index in [2.05, 4.69) is 12.2 Å². The maximum atomic E-state index is 11.4. The first-order chi connectivity index (χ1) is 8.07. The molecule has 0 aliphatic rings. The van der Waals surface area contributed by atoms with Gasteiger partial charge in [0.2, 0.25) is 5.91 Å². The van der Waals surface area contributed by atoms with Gasteiger partial charge in [-0.2, -0.15) is 0 Å². The van der Waals surface area contributed by atoms with Crippen LogP contribution < -0.4 is 5.32 Å². The summed E-state index contributed by atoms with van der Waals surface area (Å²) in [5, 5.41) is 2.92. The summed E-state index contributed by atoms with van der Waals surface area (Å²) < 4.78 is 0. The Hall–Kier alpha value is -0.860. The van der Waals surface area contributed by atoms with Gasteiger partial charge in [0.1, 0.15) is 5.78 Å². The number of hydrogen-bond acceptors (Lipinski definition) is 2. The highest BCUT2D eigenvalue weighted by Gasteiger charge is 2.06. The highest BCUT2D eigenvalue weighted by molar-refractivity contribution is 5.77. The van der Waals surface area contributed by atoms with Gasteiger partial charge in [-0.3, -0.25) is 9.59 Å². The van der Waals surface area contributed by atoms with Gasteiger partial charge in [-0.05, 0) is 26.2 Å². The molecule has 3 heteroatoms. The first kappa shape index (κ1) is 16.1. The molecule has 0 rings (SSSR count). The second-order valence-corrected chi connectivity index (χ2v) is 4.81. The van der Waals surface area contributed by atoms with Crippen LogP contribution in [0.15, 0.2) is 0 Å². The van der Waals surface area contributed by atoms with Crippen molar-refractivity contribution in [2.75, 3.05) is 6.54 Å². The molecular formula is C14H27NO2. The Bertz CT molecular complexity index is 226. The zero-order valence-corrected chi connectivity index (χ0v) is 11.6. The minimum absolute atomic E-state index is 0.162. The van der Waals surface area contributed by atoms with E-state index >= 15 is 0 Å². The molecule has 0 saturated heterocycles. The third-order valence-electron chi connectivity index (χ3n) is 3.09. The second-order valence-electron chi connectivity index (χ2n) is 4.81. The van der Waals surface area contributed by atoms with Crippen LogP contribution in [0.25, 0.3) is 0 Å². The van der Waals surface area contributed by atoms with Gasteiger partial charge in [0, 0.05) is 18.9 Å². The molecular weight excluding hydrogens is 214 g/mol. The molecule has 0 bridgehead atoms. The molecule has 100 valence electrons. The number of ketones is 1. The zero-order valence-electron chi connectivity index (χ0n) is 11.6. The molecule has 0 radical (unpaired) electrons. The fraction of sp³-hybridized carbons (Fsp3) is 0.857. The Kier molecular flexibility index (Phi) is 9.78. The number of unbranched alkanes of at least 4 members (excludes halogenated alkanes) is 3. The standard InChI is InChI=1S/C14H27NO2/c1-4-5-6-10-14(17)15-11-8-7-9-12(2)13(3)16/h12H,4-11H2,1-3H3,(H,15,17). The number of Topliss-reactive ketones (excluding diaryl/α,β-unsaturated/α-hetero) is 1. The average molecular weight is 241 g/mol. The number of amides is 1. The molecule has 0 saturated carbocycles. The summed E-state index contributed by atoms with van der Waals surface area (Å²) in [6, 6.07) is 0. The highest BCUT2D eigenvalue weighted by atomic mass is 16.1. The summed E-state index contributed by atoms with van der Waals surface area (Å²) in [6.07, 6.45) is 6.83. The predicted octanol–water partition coefficient (Wildman–Crippen LogP) is 3.08. The molecule has 1 unspecified atom stereocenters. The molecule has 1 amide bonds. The molecule has 0 aromatic rings. The third-order valence-corrected chi connectivity index (χ3v) is 3.09. The Morgan fingerprint density at radius 2 is 1.82 bits per heavy atom. The fourth-order valence-corrected chi connectivity index (χ4v) is 1.63. The van der Waals surface area contributed by atoms with Gasteiger partial charge in [0.05, 0.1) is 0 Å². The Balaban J connectivity index is 3.33. The van der Waals surface area contributed by atoms with E-state index in [1.807, 2.05) is 6.92 Å². The highest BCUT2D eigenvalue weighted by Crippen LogP contribution is 2.08. The van der Waals surface area contributed by atoms with E-state index in [1.54, 1.807) is 6.92 Å². The smallest absolute Gasteiger partial charge is 0.219 e. The van der Waals surface area contributed by atoms with Crippen molar-refractivity contribution in [3.8, 4) is 0 Å². The third kappa shape index (κ3) is 10.0. The van der Waals surface area contributed by atoms with Crippen LogP contribution in [0.2, 0.25) is 0 Å². The van der Waals surface area contributed by atoms with Crippen LogP contribution in [0.4, 0.5) is 0 Å². The Morgan fingerprint density at radius 1 is 1.12 bits per heavy atom. The van der Waals surface area contributed by atoms with Crippen molar-refractivity contribution in [1.29, 1.82) is 0 Å². The van der Waals surface area contributed by atoms with Crippen LogP contribution in [0.5, 0.6) is 0 Å². The van der Waals surface area contributed by atoms with Crippen LogP contribution in [-0.2, 0) is 9.59 Å². The summed E-state index contributed by atoms with van der Waals surface area (Å²) in [5.41, 5.74) is 0. The van der Waals surface area contributed by atoms with Gasteiger partial charge in [0.25, 0.3) is 0 Å². The first-order valence-corrected chi connectivity index (χ1v) is 6.85. The van der Waals surface area contributed by atoms with E-state index < -0.39 is 0 Å². The molecule has 1 N–H and O–H groups in total. The minimum Gasteiger partial charge on any atom is -0.356 e. The van der Waals surface area contributed by atoms with Crippen LogP contribution in [-0.4, -0.2) is 18.2 Å². The predicted molar refractivity (Wildman–Crippen MR) is 70.8 cm³/mol. The van der Waals surface area contributed by atoms with Crippen LogP contribution in [0.3, 0.4) is 0 Å². The molecule has 3 nitrogen and oxygen atoms in total. The molecule has 0 spiro atoms. The number of rotatable bonds is 10. The lowest BCUT2D eigenvalue weighted by molar-refractivity contribution is -0.122. The molecule has 0 aromatic carbocycles. The average Bonchev–Trinajstić information content (AvgIpc) is 2.28. The van der Waals surface area contributed by atoms with E-state index in [-0.39, 0.29) is 17.6 Å². The molecule has 0 heterocycles. The van der Waals surface area contributed by atoms with E-state index in [4.69, 9.17) is 0 Å². The maximum absolute atomic E-state index is 11.4. The number of carbonyl (C=O) groups is 2. The summed E-state index contributed by atoms with van der Waals surface area (Å²) in [5.74, 6) is 0.585. The van der Waals surface area contributed by atoms with E-state index in [1.165, 1.54) is 0 Å². The van der Waals surface area contributed by atoms with Gasteiger partial charge in [-0.15, -0.1) is 0 Å². The lowest BCUT2D eigenvalue weighted by Crippen LogP contribution is -2.24.